The van der Waals surface area contributed by atoms with Gasteiger partial charge in [0.2, 0.25) is 0 Å². The Hall–Kier alpha value is -2.37. The van der Waals surface area contributed by atoms with Crippen LogP contribution in [0.2, 0.25) is 0 Å². The third kappa shape index (κ3) is 2.05. The molecule has 0 fully saturated rings. The zero-order chi connectivity index (χ0) is 13.2. The van der Waals surface area contributed by atoms with E-state index in [0.29, 0.717) is 24.5 Å². The summed E-state index contributed by atoms with van der Waals surface area (Å²) in [6.07, 6.45) is 5.39. The molecule has 3 rings (SSSR count). The van der Waals surface area contributed by atoms with Crippen LogP contribution in [0.4, 0.5) is 5.82 Å². The van der Waals surface area contributed by atoms with Gasteiger partial charge in [-0.25, -0.2) is 9.97 Å². The van der Waals surface area contributed by atoms with Gasteiger partial charge >= 0.3 is 0 Å². The SMILES string of the molecule is CNc1ncccc1C(=O)N1CCn2ccnc2C1. The topological polar surface area (TPSA) is 63.1 Å². The number of rotatable bonds is 2. The van der Waals surface area contributed by atoms with Gasteiger partial charge in [-0.2, -0.15) is 0 Å². The molecule has 3 heterocycles. The van der Waals surface area contributed by atoms with Crippen LogP contribution in [0.5, 0.6) is 0 Å². The standard InChI is InChI=1S/C13H15N5O/c1-14-12-10(3-2-4-16-12)13(19)18-8-7-17-6-5-15-11(17)9-18/h2-6H,7-9H2,1H3,(H,14,16). The minimum Gasteiger partial charge on any atom is -0.372 e. The highest BCUT2D eigenvalue weighted by molar-refractivity contribution is 5.98. The molecule has 98 valence electrons. The summed E-state index contributed by atoms with van der Waals surface area (Å²) in [5, 5.41) is 2.95. The van der Waals surface area contributed by atoms with Crippen molar-refractivity contribution in [3.05, 3.63) is 42.1 Å². The van der Waals surface area contributed by atoms with Gasteiger partial charge in [0, 0.05) is 38.7 Å². The fraction of sp³-hybridized carbons (Fsp3) is 0.308. The lowest BCUT2D eigenvalue weighted by atomic mass is 10.2. The molecule has 0 spiro atoms. The number of pyridine rings is 1. The van der Waals surface area contributed by atoms with Crippen molar-refractivity contribution >= 4 is 11.7 Å². The Labute approximate surface area is 111 Å². The Bertz CT molecular complexity index is 607. The van der Waals surface area contributed by atoms with Crippen LogP contribution in [0.25, 0.3) is 0 Å². The van der Waals surface area contributed by atoms with E-state index in [1.54, 1.807) is 36.5 Å². The first kappa shape index (κ1) is 11.7. The molecule has 1 aliphatic heterocycles. The second-order valence-corrected chi connectivity index (χ2v) is 4.41. The van der Waals surface area contributed by atoms with Gasteiger partial charge in [0.05, 0.1) is 12.1 Å². The fourth-order valence-corrected chi connectivity index (χ4v) is 2.29. The summed E-state index contributed by atoms with van der Waals surface area (Å²) in [5.41, 5.74) is 0.602. The Morgan fingerprint density at radius 3 is 3.05 bits per heavy atom. The molecule has 2 aromatic rings. The molecule has 1 N–H and O–H groups in total. The minimum absolute atomic E-state index is 0.00769. The van der Waals surface area contributed by atoms with Gasteiger partial charge in [-0.05, 0) is 12.1 Å². The Balaban J connectivity index is 1.85. The molecule has 0 bridgehead atoms. The Kier molecular flexibility index (Phi) is 2.91. The number of amides is 1. The summed E-state index contributed by atoms with van der Waals surface area (Å²) in [6.45, 7) is 2.03. The largest absolute Gasteiger partial charge is 0.372 e. The highest BCUT2D eigenvalue weighted by Gasteiger charge is 2.24. The molecule has 0 aliphatic carbocycles. The van der Waals surface area contributed by atoms with Crippen molar-refractivity contribution in [3.63, 3.8) is 0 Å². The maximum Gasteiger partial charge on any atom is 0.258 e. The second-order valence-electron chi connectivity index (χ2n) is 4.41. The lowest BCUT2D eigenvalue weighted by Gasteiger charge is -2.28. The number of nitrogens with zero attached hydrogens (tertiary/aromatic N) is 4. The molecule has 1 amide bonds. The lowest BCUT2D eigenvalue weighted by Crippen LogP contribution is -2.38. The second kappa shape index (κ2) is 4.72. The molecule has 0 unspecified atom stereocenters. The van der Waals surface area contributed by atoms with E-state index in [0.717, 1.165) is 12.4 Å². The van der Waals surface area contributed by atoms with Gasteiger partial charge < -0.3 is 14.8 Å². The third-order valence-corrected chi connectivity index (χ3v) is 3.31. The van der Waals surface area contributed by atoms with Crippen molar-refractivity contribution in [2.24, 2.45) is 0 Å². The first-order chi connectivity index (χ1) is 9.29. The van der Waals surface area contributed by atoms with Crippen molar-refractivity contribution in [2.75, 3.05) is 18.9 Å². The molecule has 0 saturated carbocycles. The smallest absolute Gasteiger partial charge is 0.258 e. The Morgan fingerprint density at radius 2 is 2.21 bits per heavy atom. The number of anilines is 1. The van der Waals surface area contributed by atoms with E-state index < -0.39 is 0 Å². The van der Waals surface area contributed by atoms with Gasteiger partial charge in [0.15, 0.2) is 0 Å². The maximum absolute atomic E-state index is 12.5. The highest BCUT2D eigenvalue weighted by atomic mass is 16.2. The first-order valence-electron chi connectivity index (χ1n) is 6.21. The monoisotopic (exact) mass is 257 g/mol. The zero-order valence-corrected chi connectivity index (χ0v) is 10.7. The van der Waals surface area contributed by atoms with Crippen LogP contribution < -0.4 is 5.32 Å². The van der Waals surface area contributed by atoms with Crippen molar-refractivity contribution in [1.82, 2.24) is 19.4 Å². The average Bonchev–Trinajstić information content (AvgIpc) is 2.93. The zero-order valence-electron chi connectivity index (χ0n) is 10.7. The van der Waals surface area contributed by atoms with E-state index >= 15 is 0 Å². The normalized spacial score (nSPS) is 14.1. The fourth-order valence-electron chi connectivity index (χ4n) is 2.29. The third-order valence-electron chi connectivity index (χ3n) is 3.31. The number of fused-ring (bicyclic) bond motifs is 1. The number of carbonyl (C=O) groups is 1. The summed E-state index contributed by atoms with van der Waals surface area (Å²) in [7, 11) is 1.77. The molecule has 2 aromatic heterocycles. The van der Waals surface area contributed by atoms with E-state index in [1.807, 2.05) is 6.20 Å². The molecule has 1 aliphatic rings. The molecular weight excluding hydrogens is 242 g/mol. The number of imidazole rings is 1. The van der Waals surface area contributed by atoms with Crippen LogP contribution in [0.15, 0.2) is 30.7 Å². The number of hydrogen-bond donors (Lipinski definition) is 1. The maximum atomic E-state index is 12.5. The predicted octanol–water partition coefficient (Wildman–Crippen LogP) is 0.976. The molecule has 0 aromatic carbocycles. The summed E-state index contributed by atoms with van der Waals surface area (Å²) < 4.78 is 2.08. The molecule has 0 radical (unpaired) electrons. The van der Waals surface area contributed by atoms with Crippen LogP contribution in [-0.4, -0.2) is 38.9 Å². The van der Waals surface area contributed by atoms with E-state index in [9.17, 15) is 4.79 Å². The van der Waals surface area contributed by atoms with E-state index in [1.165, 1.54) is 0 Å². The van der Waals surface area contributed by atoms with Crippen molar-refractivity contribution in [2.45, 2.75) is 13.1 Å². The quantitative estimate of drug-likeness (QED) is 0.871. The number of nitrogens with one attached hydrogen (secondary N) is 1. The lowest BCUT2D eigenvalue weighted by molar-refractivity contribution is 0.0708. The first-order valence-corrected chi connectivity index (χ1v) is 6.21. The molecular formula is C13H15N5O. The van der Waals surface area contributed by atoms with Gasteiger partial charge in [0.25, 0.3) is 5.91 Å². The highest BCUT2D eigenvalue weighted by Crippen LogP contribution is 2.17. The van der Waals surface area contributed by atoms with Crippen molar-refractivity contribution in [3.8, 4) is 0 Å². The van der Waals surface area contributed by atoms with Crippen LogP contribution >= 0.6 is 0 Å². The van der Waals surface area contributed by atoms with Crippen molar-refractivity contribution < 1.29 is 4.79 Å². The van der Waals surface area contributed by atoms with Crippen LogP contribution in [-0.2, 0) is 13.1 Å². The molecule has 19 heavy (non-hydrogen) atoms. The van der Waals surface area contributed by atoms with Gasteiger partial charge in [0.1, 0.15) is 11.6 Å². The number of carbonyl (C=O) groups excluding carboxylic acids is 1. The van der Waals surface area contributed by atoms with Gasteiger partial charge in [-0.15, -0.1) is 0 Å². The van der Waals surface area contributed by atoms with E-state index in [4.69, 9.17) is 0 Å². The molecule has 0 atom stereocenters. The average molecular weight is 257 g/mol. The number of hydrogen-bond acceptors (Lipinski definition) is 4. The molecule has 0 saturated heterocycles. The van der Waals surface area contributed by atoms with E-state index in [2.05, 4.69) is 19.9 Å². The van der Waals surface area contributed by atoms with Crippen molar-refractivity contribution in [1.29, 1.82) is 0 Å². The Morgan fingerprint density at radius 1 is 1.32 bits per heavy atom. The summed E-state index contributed by atoms with van der Waals surface area (Å²) >= 11 is 0. The molecule has 6 nitrogen and oxygen atoms in total. The van der Waals surface area contributed by atoms with Crippen LogP contribution in [0, 0.1) is 0 Å². The number of aromatic nitrogens is 3. The van der Waals surface area contributed by atoms with Crippen LogP contribution in [0.1, 0.15) is 16.2 Å². The summed E-state index contributed by atoms with van der Waals surface area (Å²) in [5.74, 6) is 1.53. The van der Waals surface area contributed by atoms with Gasteiger partial charge in [-0.3, -0.25) is 4.79 Å². The van der Waals surface area contributed by atoms with Gasteiger partial charge in [-0.1, -0.05) is 0 Å². The minimum atomic E-state index is -0.00769. The van der Waals surface area contributed by atoms with E-state index in [-0.39, 0.29) is 5.91 Å². The van der Waals surface area contributed by atoms with Crippen LogP contribution in [0.3, 0.4) is 0 Å². The predicted molar refractivity (Wildman–Crippen MR) is 70.8 cm³/mol. The molecule has 6 heteroatoms. The summed E-state index contributed by atoms with van der Waals surface area (Å²) in [6, 6.07) is 3.57. The summed E-state index contributed by atoms with van der Waals surface area (Å²) in [4.78, 5) is 22.8.